The number of nitrogen functional groups attached to an aromatic ring is 1. The number of thiazole rings is 1. The van der Waals surface area contributed by atoms with E-state index in [1.54, 1.807) is 29.9 Å². The zero-order valence-corrected chi connectivity index (χ0v) is 23.0. The van der Waals surface area contributed by atoms with Gasteiger partial charge in [0.2, 0.25) is 11.0 Å². The molecule has 2 aromatic rings. The quantitative estimate of drug-likeness (QED) is 0.124. The van der Waals surface area contributed by atoms with Crippen molar-refractivity contribution in [3.05, 3.63) is 46.9 Å². The molecule has 2 fully saturated rings. The van der Waals surface area contributed by atoms with E-state index in [0.717, 1.165) is 16.9 Å². The highest BCUT2D eigenvalue weighted by atomic mass is 32.2. The van der Waals surface area contributed by atoms with E-state index < -0.39 is 34.4 Å². The standard InChI is InChI=1S/C23H24N8O5S3/c1-36-30-15(14-9-39-23(24)28-14)19(33)29-16-20(34)31-17(22(35)37)12(8-38-21(16)31)10-5-13(26-6-10)18(32)27-11-3-2-4-25-7-11/h2-4,7,9-10,13,16,21,26H,5-6,8H2,1H3,(H2,24,28)(H,27,32)(H,29,33)(H,35,37)/t10-,13+,16-,21-/m1/s1. The van der Waals surface area contributed by atoms with E-state index in [4.69, 9.17) is 10.6 Å². The largest absolute Gasteiger partial charge is 0.398 e. The smallest absolute Gasteiger partial charge is 0.276 e. The van der Waals surface area contributed by atoms with Crippen LogP contribution in [0.15, 0.2) is 46.3 Å². The minimum Gasteiger partial charge on any atom is -0.398 e. The molecule has 13 nitrogen and oxygen atoms in total. The third kappa shape index (κ3) is 5.36. The van der Waals surface area contributed by atoms with Crippen LogP contribution >= 0.6 is 35.7 Å². The lowest BCUT2D eigenvalue weighted by Gasteiger charge is -2.50. The lowest BCUT2D eigenvalue weighted by Crippen LogP contribution is -2.71. The summed E-state index contributed by atoms with van der Waals surface area (Å²) in [6.45, 7) is 0.464. The Labute approximate surface area is 236 Å². The molecule has 204 valence electrons. The summed E-state index contributed by atoms with van der Waals surface area (Å²) in [6.07, 6.45) is 3.63. The number of nitrogens with zero attached hydrogens (tertiary/aromatic N) is 4. The SMILES string of the molecule is CON=C(C(=O)N[C@@H]1C(=O)N2C(C(=O)S)=C([C@H]3CN[C@H](C(=O)Nc4cccnc4)C3)CS[C@H]12)c1csc(N)n1. The predicted molar refractivity (Wildman–Crippen MR) is 149 cm³/mol. The van der Waals surface area contributed by atoms with E-state index in [1.165, 1.54) is 23.8 Å². The number of thiol groups is 1. The number of hydrogen-bond donors (Lipinski definition) is 5. The second-order valence-corrected chi connectivity index (χ2v) is 11.3. The molecule has 3 amide bonds. The first-order chi connectivity index (χ1) is 18.8. The van der Waals surface area contributed by atoms with Crippen molar-refractivity contribution in [3.63, 3.8) is 0 Å². The molecule has 5 rings (SSSR count). The molecule has 0 bridgehead atoms. The number of amides is 3. The average Bonchev–Trinajstić information content (AvgIpc) is 3.59. The second kappa shape index (κ2) is 11.3. The van der Waals surface area contributed by atoms with Crippen LogP contribution in [0.5, 0.6) is 0 Å². The summed E-state index contributed by atoms with van der Waals surface area (Å²) in [5, 5.41) is 13.2. The minimum atomic E-state index is -0.885. The highest BCUT2D eigenvalue weighted by molar-refractivity contribution is 8.00. The maximum absolute atomic E-state index is 13.2. The van der Waals surface area contributed by atoms with Crippen LogP contribution in [0.2, 0.25) is 0 Å². The van der Waals surface area contributed by atoms with E-state index >= 15 is 0 Å². The lowest BCUT2D eigenvalue weighted by molar-refractivity contribution is -0.146. The molecule has 2 aromatic heterocycles. The van der Waals surface area contributed by atoms with Gasteiger partial charge < -0.3 is 26.5 Å². The summed E-state index contributed by atoms with van der Waals surface area (Å²) in [4.78, 5) is 65.7. The second-order valence-electron chi connectivity index (χ2n) is 8.86. The van der Waals surface area contributed by atoms with Crippen LogP contribution in [0.25, 0.3) is 0 Å². The number of β-lactam (4-membered cyclic amide) rings is 1. The lowest BCUT2D eigenvalue weighted by atomic mass is 9.92. The van der Waals surface area contributed by atoms with Crippen molar-refractivity contribution in [3.8, 4) is 0 Å². The fourth-order valence-electron chi connectivity index (χ4n) is 4.72. The Morgan fingerprint density at radius 1 is 1.36 bits per heavy atom. The Balaban J connectivity index is 1.28. The van der Waals surface area contributed by atoms with Crippen LogP contribution < -0.4 is 21.7 Å². The number of thioether (sulfide) groups is 1. The number of carbonyl (C=O) groups is 4. The number of oxime groups is 1. The monoisotopic (exact) mass is 588 g/mol. The number of aromatic nitrogens is 2. The van der Waals surface area contributed by atoms with Crippen LogP contribution in [0.4, 0.5) is 10.8 Å². The molecule has 0 aromatic carbocycles. The molecule has 0 aliphatic carbocycles. The first kappa shape index (κ1) is 27.1. The molecule has 4 atom stereocenters. The molecule has 0 unspecified atom stereocenters. The number of nitrogens with two attached hydrogens (primary N) is 1. The Morgan fingerprint density at radius 3 is 2.85 bits per heavy atom. The summed E-state index contributed by atoms with van der Waals surface area (Å²) in [6, 6.07) is 2.12. The molecule has 0 saturated carbocycles. The molecule has 5 N–H and O–H groups in total. The molecular weight excluding hydrogens is 565 g/mol. The van der Waals surface area contributed by atoms with Crippen molar-refractivity contribution in [1.29, 1.82) is 0 Å². The van der Waals surface area contributed by atoms with Gasteiger partial charge in [-0.2, -0.15) is 0 Å². The summed E-state index contributed by atoms with van der Waals surface area (Å²) in [5.41, 5.74) is 7.32. The van der Waals surface area contributed by atoms with Gasteiger partial charge in [-0.1, -0.05) is 17.8 Å². The topological polar surface area (TPSA) is 181 Å². The van der Waals surface area contributed by atoms with Crippen molar-refractivity contribution >= 4 is 75.1 Å². The highest BCUT2D eigenvalue weighted by Crippen LogP contribution is 2.44. The summed E-state index contributed by atoms with van der Waals surface area (Å²) < 4.78 is 0. The van der Waals surface area contributed by atoms with Gasteiger partial charge >= 0.3 is 0 Å². The zero-order valence-electron chi connectivity index (χ0n) is 20.5. The number of anilines is 2. The molecule has 16 heteroatoms. The van der Waals surface area contributed by atoms with Gasteiger partial charge in [-0.15, -0.1) is 23.1 Å². The van der Waals surface area contributed by atoms with Gasteiger partial charge in [0.25, 0.3) is 11.8 Å². The van der Waals surface area contributed by atoms with Gasteiger partial charge in [0, 0.05) is 23.9 Å². The van der Waals surface area contributed by atoms with E-state index in [2.05, 4.69) is 43.7 Å². The number of pyridine rings is 1. The number of nitrogens with one attached hydrogen (secondary N) is 3. The van der Waals surface area contributed by atoms with E-state index in [0.29, 0.717) is 24.4 Å². The van der Waals surface area contributed by atoms with Crippen molar-refractivity contribution in [2.75, 3.05) is 30.5 Å². The average molecular weight is 589 g/mol. The summed E-state index contributed by atoms with van der Waals surface area (Å²) in [5.74, 6) is -1.01. The number of rotatable bonds is 8. The van der Waals surface area contributed by atoms with E-state index in [1.807, 2.05) is 0 Å². The molecule has 3 aliphatic heterocycles. The van der Waals surface area contributed by atoms with Crippen molar-refractivity contribution < 1.29 is 24.0 Å². The Bertz CT molecular complexity index is 1380. The number of fused-ring (bicyclic) bond motifs is 1. The van der Waals surface area contributed by atoms with Crippen LogP contribution in [-0.2, 0) is 24.0 Å². The number of carbonyl (C=O) groups excluding carboxylic acids is 4. The molecular formula is C23H24N8O5S3. The minimum absolute atomic E-state index is 0.119. The maximum Gasteiger partial charge on any atom is 0.276 e. The van der Waals surface area contributed by atoms with Crippen molar-refractivity contribution in [2.24, 2.45) is 11.1 Å². The predicted octanol–water partition coefficient (Wildman–Crippen LogP) is 0.198. The fraction of sp³-hybridized carbons (Fsp3) is 0.348. The number of hydrogen-bond acceptors (Lipinski definition) is 12. The van der Waals surface area contributed by atoms with Crippen molar-refractivity contribution in [1.82, 2.24) is 25.5 Å². The van der Waals surface area contributed by atoms with Gasteiger partial charge in [0.15, 0.2) is 10.8 Å². The first-order valence-electron chi connectivity index (χ1n) is 11.8. The van der Waals surface area contributed by atoms with Crippen LogP contribution in [-0.4, -0.2) is 80.3 Å². The highest BCUT2D eigenvalue weighted by Gasteiger charge is 2.55. The van der Waals surface area contributed by atoms with Gasteiger partial charge in [0.05, 0.1) is 23.6 Å². The fourth-order valence-corrected chi connectivity index (χ4v) is 6.98. The van der Waals surface area contributed by atoms with Crippen LogP contribution in [0, 0.1) is 5.92 Å². The molecule has 0 radical (unpaired) electrons. The molecule has 0 spiro atoms. The maximum atomic E-state index is 13.2. The summed E-state index contributed by atoms with van der Waals surface area (Å²) in [7, 11) is 1.29. The molecule has 5 heterocycles. The normalized spacial score (nSPS) is 24.6. The van der Waals surface area contributed by atoms with Gasteiger partial charge in [-0.25, -0.2) is 4.98 Å². The van der Waals surface area contributed by atoms with E-state index in [9.17, 15) is 19.2 Å². The molecule has 2 saturated heterocycles. The van der Waals surface area contributed by atoms with Crippen molar-refractivity contribution in [2.45, 2.75) is 23.9 Å². The summed E-state index contributed by atoms with van der Waals surface area (Å²) >= 11 is 6.62. The van der Waals surface area contributed by atoms with Crippen LogP contribution in [0.3, 0.4) is 0 Å². The van der Waals surface area contributed by atoms with Crippen LogP contribution in [0.1, 0.15) is 12.1 Å². The Hall–Kier alpha value is -3.47. The Morgan fingerprint density at radius 2 is 2.18 bits per heavy atom. The van der Waals surface area contributed by atoms with Gasteiger partial charge in [0.1, 0.15) is 24.2 Å². The molecule has 39 heavy (non-hydrogen) atoms. The van der Waals surface area contributed by atoms with Gasteiger partial charge in [-0.05, 0) is 30.0 Å². The van der Waals surface area contributed by atoms with E-state index in [-0.39, 0.29) is 34.1 Å². The Kier molecular flexibility index (Phi) is 7.88. The third-order valence-electron chi connectivity index (χ3n) is 6.52. The first-order valence-corrected chi connectivity index (χ1v) is 14.1. The zero-order chi connectivity index (χ0) is 27.7. The third-order valence-corrected chi connectivity index (χ3v) is 8.71. The molecule has 3 aliphatic rings. The van der Waals surface area contributed by atoms with Gasteiger partial charge in [-0.3, -0.25) is 29.1 Å².